The largest absolute Gasteiger partial charge is 0.362 e. The van der Waals surface area contributed by atoms with Gasteiger partial charge in [0.25, 0.3) is 15.9 Å². The van der Waals surface area contributed by atoms with Crippen molar-refractivity contribution in [2.75, 3.05) is 18.9 Å². The molecule has 1 aliphatic heterocycles. The smallest absolute Gasteiger partial charge is 0.284 e. The van der Waals surface area contributed by atoms with Gasteiger partial charge in [0.05, 0.1) is 10.6 Å². The molecule has 0 saturated carbocycles. The van der Waals surface area contributed by atoms with Crippen LogP contribution >= 0.6 is 0 Å². The van der Waals surface area contributed by atoms with E-state index in [0.29, 0.717) is 35.0 Å². The number of amidine groups is 1. The zero-order chi connectivity index (χ0) is 20.5. The molecule has 2 aromatic rings. The second-order valence-corrected chi connectivity index (χ2v) is 8.76. The number of hydrogen-bond donors (Lipinski definition) is 1. The van der Waals surface area contributed by atoms with Crippen LogP contribution in [0.4, 0.5) is 5.69 Å². The summed E-state index contributed by atoms with van der Waals surface area (Å²) in [6.07, 6.45) is 1.52. The first-order valence-corrected chi connectivity index (χ1v) is 10.6. The lowest BCUT2D eigenvalue weighted by molar-refractivity contribution is 0.102. The minimum atomic E-state index is -3.85. The van der Waals surface area contributed by atoms with Gasteiger partial charge in [-0.05, 0) is 31.5 Å². The summed E-state index contributed by atoms with van der Waals surface area (Å²) in [5, 5.41) is 6.60. The van der Waals surface area contributed by atoms with E-state index in [1.165, 1.54) is 12.1 Å². The van der Waals surface area contributed by atoms with Crippen LogP contribution in [0.25, 0.3) is 0 Å². The van der Waals surface area contributed by atoms with Crippen molar-refractivity contribution in [1.82, 2.24) is 10.1 Å². The number of carbonyl (C=O) groups excluding carboxylic acids is 1. The first kappa shape index (κ1) is 20.1. The van der Waals surface area contributed by atoms with Crippen molar-refractivity contribution >= 4 is 27.5 Å². The number of carbonyl (C=O) groups is 1. The molecule has 0 radical (unpaired) electrons. The third-order valence-corrected chi connectivity index (χ3v) is 5.89. The summed E-state index contributed by atoms with van der Waals surface area (Å²) < 4.78 is 34.5. The molecule has 1 aromatic heterocycles. The Morgan fingerprint density at radius 1 is 1.36 bits per heavy atom. The normalized spacial score (nSPS) is 16.2. The summed E-state index contributed by atoms with van der Waals surface area (Å²) >= 11 is 0. The van der Waals surface area contributed by atoms with Crippen LogP contribution in [0.3, 0.4) is 0 Å². The first-order chi connectivity index (χ1) is 13.2. The van der Waals surface area contributed by atoms with Crippen LogP contribution in [0.15, 0.2) is 38.1 Å². The van der Waals surface area contributed by atoms with E-state index in [0.717, 1.165) is 13.0 Å². The van der Waals surface area contributed by atoms with E-state index >= 15 is 0 Å². The maximum atomic E-state index is 12.7. The molecule has 1 N–H and O–H groups in total. The van der Waals surface area contributed by atoms with Crippen LogP contribution in [-0.2, 0) is 10.0 Å². The maximum absolute atomic E-state index is 12.7. The minimum absolute atomic E-state index is 0.00659. The highest BCUT2D eigenvalue weighted by molar-refractivity contribution is 7.90. The van der Waals surface area contributed by atoms with Crippen molar-refractivity contribution in [1.29, 1.82) is 0 Å². The Morgan fingerprint density at radius 2 is 2.11 bits per heavy atom. The Balaban J connectivity index is 1.86. The number of nitrogens with one attached hydrogen (secondary N) is 1. The van der Waals surface area contributed by atoms with Gasteiger partial charge in [0.15, 0.2) is 5.76 Å². The first-order valence-electron chi connectivity index (χ1n) is 9.11. The molecule has 2 heterocycles. The Morgan fingerprint density at radius 3 is 2.75 bits per heavy atom. The standard InChI is InChI=1S/C19H24N4O4S/c1-12(2)18-17(13(3)21-27-18)19(24)20-14-7-5-8-15(11-14)28(25,26)22-16-9-6-10-23(16)4/h5,7-8,11-12H,6,9-10H2,1-4H3,(H,20,24). The number of anilines is 1. The van der Waals surface area contributed by atoms with Crippen LogP contribution in [0.5, 0.6) is 0 Å². The van der Waals surface area contributed by atoms with Gasteiger partial charge in [0.2, 0.25) is 0 Å². The Labute approximate surface area is 164 Å². The lowest BCUT2D eigenvalue weighted by atomic mass is 10.0. The fourth-order valence-electron chi connectivity index (χ4n) is 3.09. The number of likely N-dealkylation sites (tertiary alicyclic amines) is 1. The molecule has 1 amide bonds. The fraction of sp³-hybridized carbons (Fsp3) is 0.421. The molecule has 1 fully saturated rings. The molecule has 0 unspecified atom stereocenters. The molecule has 0 spiro atoms. The lowest BCUT2D eigenvalue weighted by Gasteiger charge is -2.11. The second kappa shape index (κ2) is 7.75. The Hall–Kier alpha value is -2.68. The van der Waals surface area contributed by atoms with Crippen molar-refractivity contribution in [3.63, 3.8) is 0 Å². The SMILES string of the molecule is Cc1noc(C(C)C)c1C(=O)Nc1cccc(S(=O)(=O)N=C2CCCN2C)c1. The number of amides is 1. The topological polar surface area (TPSA) is 105 Å². The molecule has 1 aliphatic rings. The lowest BCUT2D eigenvalue weighted by Crippen LogP contribution is -2.20. The maximum Gasteiger partial charge on any atom is 0.284 e. The van der Waals surface area contributed by atoms with E-state index in [-0.39, 0.29) is 16.7 Å². The number of hydrogen-bond acceptors (Lipinski definition) is 5. The number of aromatic nitrogens is 1. The number of nitrogens with zero attached hydrogens (tertiary/aromatic N) is 3. The summed E-state index contributed by atoms with van der Waals surface area (Å²) in [4.78, 5) is 14.6. The molecule has 0 aliphatic carbocycles. The van der Waals surface area contributed by atoms with Gasteiger partial charge in [-0.2, -0.15) is 8.42 Å². The molecule has 1 aromatic carbocycles. The van der Waals surface area contributed by atoms with Gasteiger partial charge in [0, 0.05) is 31.6 Å². The van der Waals surface area contributed by atoms with E-state index in [1.807, 2.05) is 25.8 Å². The highest BCUT2D eigenvalue weighted by Crippen LogP contribution is 2.25. The molecular weight excluding hydrogens is 380 g/mol. The third kappa shape index (κ3) is 4.09. The van der Waals surface area contributed by atoms with Crippen LogP contribution in [0.2, 0.25) is 0 Å². The predicted octanol–water partition coefficient (Wildman–Crippen LogP) is 3.17. The third-order valence-electron chi connectivity index (χ3n) is 4.59. The highest BCUT2D eigenvalue weighted by Gasteiger charge is 2.24. The van der Waals surface area contributed by atoms with Gasteiger partial charge in [-0.15, -0.1) is 4.40 Å². The molecule has 8 nitrogen and oxygen atoms in total. The molecule has 0 bridgehead atoms. The zero-order valence-electron chi connectivity index (χ0n) is 16.4. The van der Waals surface area contributed by atoms with Gasteiger partial charge in [-0.1, -0.05) is 25.1 Å². The van der Waals surface area contributed by atoms with E-state index in [9.17, 15) is 13.2 Å². The van der Waals surface area contributed by atoms with E-state index < -0.39 is 10.0 Å². The van der Waals surface area contributed by atoms with Gasteiger partial charge in [-0.25, -0.2) is 0 Å². The van der Waals surface area contributed by atoms with Crippen LogP contribution in [0, 0.1) is 6.92 Å². The fourth-order valence-corrected chi connectivity index (χ4v) is 4.23. The average molecular weight is 404 g/mol. The van der Waals surface area contributed by atoms with E-state index in [1.54, 1.807) is 19.1 Å². The van der Waals surface area contributed by atoms with Gasteiger partial charge in [-0.3, -0.25) is 4.79 Å². The summed E-state index contributed by atoms with van der Waals surface area (Å²) in [5.74, 6) is 0.650. The van der Waals surface area contributed by atoms with Crippen molar-refractivity contribution < 1.29 is 17.7 Å². The monoisotopic (exact) mass is 404 g/mol. The molecule has 9 heteroatoms. The number of aryl methyl sites for hydroxylation is 1. The predicted molar refractivity (Wildman–Crippen MR) is 106 cm³/mol. The number of benzene rings is 1. The summed E-state index contributed by atoms with van der Waals surface area (Å²) in [6, 6.07) is 6.08. The molecule has 150 valence electrons. The molecule has 3 rings (SSSR count). The van der Waals surface area contributed by atoms with Crippen molar-refractivity contribution in [2.24, 2.45) is 4.40 Å². The molecule has 0 atom stereocenters. The number of rotatable bonds is 5. The molecule has 28 heavy (non-hydrogen) atoms. The van der Waals surface area contributed by atoms with Crippen molar-refractivity contribution in [2.45, 2.75) is 44.4 Å². The Kier molecular flexibility index (Phi) is 5.55. The van der Waals surface area contributed by atoms with Gasteiger partial charge >= 0.3 is 0 Å². The summed E-state index contributed by atoms with van der Waals surface area (Å²) in [6.45, 7) is 6.30. The van der Waals surface area contributed by atoms with Crippen LogP contribution in [0.1, 0.15) is 54.4 Å². The van der Waals surface area contributed by atoms with Crippen LogP contribution in [-0.4, -0.2) is 43.8 Å². The second-order valence-electron chi connectivity index (χ2n) is 7.15. The van der Waals surface area contributed by atoms with E-state index in [2.05, 4.69) is 14.9 Å². The molecule has 1 saturated heterocycles. The average Bonchev–Trinajstić information content (AvgIpc) is 3.20. The summed E-state index contributed by atoms with van der Waals surface area (Å²) in [5.41, 5.74) is 1.22. The van der Waals surface area contributed by atoms with Crippen LogP contribution < -0.4 is 5.32 Å². The minimum Gasteiger partial charge on any atom is -0.362 e. The molecular formula is C19H24N4O4S. The van der Waals surface area contributed by atoms with Gasteiger partial charge in [0.1, 0.15) is 11.4 Å². The van der Waals surface area contributed by atoms with Gasteiger partial charge < -0.3 is 14.7 Å². The Bertz CT molecular complexity index is 1020. The quantitative estimate of drug-likeness (QED) is 0.821. The highest BCUT2D eigenvalue weighted by atomic mass is 32.2. The van der Waals surface area contributed by atoms with Crippen molar-refractivity contribution in [3.8, 4) is 0 Å². The van der Waals surface area contributed by atoms with Crippen molar-refractivity contribution in [3.05, 3.63) is 41.3 Å². The summed E-state index contributed by atoms with van der Waals surface area (Å²) in [7, 11) is -2.03. The number of sulfonamides is 1. The van der Waals surface area contributed by atoms with E-state index in [4.69, 9.17) is 4.52 Å². The zero-order valence-corrected chi connectivity index (χ0v) is 17.2.